The van der Waals surface area contributed by atoms with Crippen LogP contribution in [0.1, 0.15) is 4.88 Å². The Morgan fingerprint density at radius 2 is 2.21 bits per heavy atom. The third-order valence-electron chi connectivity index (χ3n) is 2.12. The number of nitrogens with one attached hydrogen (secondary N) is 1. The molecule has 0 bridgehead atoms. The third kappa shape index (κ3) is 4.39. The predicted molar refractivity (Wildman–Crippen MR) is 77.0 cm³/mol. The molecule has 2 aromatic rings. The minimum absolute atomic E-state index is 0.133. The third-order valence-corrected chi connectivity index (χ3v) is 3.24. The largest absolute Gasteiger partial charge is 0.482 e. The zero-order valence-electron chi connectivity index (χ0n) is 9.88. The van der Waals surface area contributed by atoms with Crippen molar-refractivity contribution < 1.29 is 9.53 Å². The van der Waals surface area contributed by atoms with Gasteiger partial charge in [0.15, 0.2) is 6.61 Å². The summed E-state index contributed by atoms with van der Waals surface area (Å²) in [6.45, 7) is -0.133. The SMILES string of the molecule is O=C(COc1ccccc1Cl)NN=Cc1cccs1. The zero-order valence-corrected chi connectivity index (χ0v) is 11.4. The molecule has 1 heterocycles. The summed E-state index contributed by atoms with van der Waals surface area (Å²) in [5, 5.41) is 6.23. The van der Waals surface area contributed by atoms with Gasteiger partial charge in [-0.15, -0.1) is 11.3 Å². The second-order valence-corrected chi connectivity index (χ2v) is 4.91. The highest BCUT2D eigenvalue weighted by atomic mass is 35.5. The van der Waals surface area contributed by atoms with E-state index in [-0.39, 0.29) is 12.5 Å². The van der Waals surface area contributed by atoms with Crippen molar-refractivity contribution in [3.63, 3.8) is 0 Å². The van der Waals surface area contributed by atoms with E-state index in [1.165, 1.54) is 11.3 Å². The molecule has 0 unspecified atom stereocenters. The summed E-state index contributed by atoms with van der Waals surface area (Å²) in [4.78, 5) is 12.4. The van der Waals surface area contributed by atoms with Gasteiger partial charge in [0.2, 0.25) is 0 Å². The molecule has 0 aliphatic rings. The number of carbonyl (C=O) groups excluding carboxylic acids is 1. The van der Waals surface area contributed by atoms with E-state index < -0.39 is 0 Å². The molecule has 0 aliphatic heterocycles. The highest BCUT2D eigenvalue weighted by Gasteiger charge is 2.03. The van der Waals surface area contributed by atoms with Crippen molar-refractivity contribution in [2.45, 2.75) is 0 Å². The summed E-state index contributed by atoms with van der Waals surface area (Å²) in [6.07, 6.45) is 1.58. The predicted octanol–water partition coefficient (Wildman–Crippen LogP) is 2.93. The van der Waals surface area contributed by atoms with Gasteiger partial charge in [-0.2, -0.15) is 5.10 Å². The Balaban J connectivity index is 1.78. The summed E-state index contributed by atoms with van der Waals surface area (Å²) < 4.78 is 5.27. The van der Waals surface area contributed by atoms with Crippen LogP contribution in [-0.2, 0) is 4.79 Å². The van der Waals surface area contributed by atoms with Gasteiger partial charge in [-0.05, 0) is 23.6 Å². The van der Waals surface area contributed by atoms with Gasteiger partial charge in [0, 0.05) is 4.88 Å². The molecule has 0 radical (unpaired) electrons. The second-order valence-electron chi connectivity index (χ2n) is 3.53. The van der Waals surface area contributed by atoms with Crippen LogP contribution >= 0.6 is 22.9 Å². The molecule has 0 spiro atoms. The summed E-state index contributed by atoms with van der Waals surface area (Å²) in [7, 11) is 0. The van der Waals surface area contributed by atoms with E-state index in [1.807, 2.05) is 17.5 Å². The molecule has 0 fully saturated rings. The Morgan fingerprint density at radius 3 is 2.95 bits per heavy atom. The van der Waals surface area contributed by atoms with Gasteiger partial charge in [0.1, 0.15) is 5.75 Å². The molecular formula is C13H11ClN2O2S. The molecular weight excluding hydrogens is 284 g/mol. The molecule has 0 aliphatic carbocycles. The minimum Gasteiger partial charge on any atom is -0.482 e. The van der Waals surface area contributed by atoms with Crippen LogP contribution in [0.3, 0.4) is 0 Å². The Hall–Kier alpha value is -1.85. The zero-order chi connectivity index (χ0) is 13.5. The fraction of sp³-hybridized carbons (Fsp3) is 0.0769. The van der Waals surface area contributed by atoms with Crippen molar-refractivity contribution in [2.75, 3.05) is 6.61 Å². The fourth-order valence-corrected chi connectivity index (χ4v) is 2.05. The van der Waals surface area contributed by atoms with Crippen molar-refractivity contribution >= 4 is 35.1 Å². The lowest BCUT2D eigenvalue weighted by atomic mass is 10.3. The molecule has 4 nitrogen and oxygen atoms in total. The number of ether oxygens (including phenoxy) is 1. The molecule has 1 N–H and O–H groups in total. The van der Waals surface area contributed by atoms with E-state index in [4.69, 9.17) is 16.3 Å². The summed E-state index contributed by atoms with van der Waals surface area (Å²) in [6, 6.07) is 10.8. The van der Waals surface area contributed by atoms with Crippen LogP contribution in [0.5, 0.6) is 5.75 Å². The number of rotatable bonds is 5. The molecule has 0 saturated heterocycles. The molecule has 1 amide bonds. The number of benzene rings is 1. The molecule has 98 valence electrons. The van der Waals surface area contributed by atoms with Gasteiger partial charge in [-0.25, -0.2) is 5.43 Å². The fourth-order valence-electron chi connectivity index (χ4n) is 1.27. The Labute approximate surface area is 119 Å². The summed E-state index contributed by atoms with van der Waals surface area (Å²) in [5.74, 6) is 0.134. The van der Waals surface area contributed by atoms with Crippen LogP contribution in [0.2, 0.25) is 5.02 Å². The van der Waals surface area contributed by atoms with Crippen LogP contribution in [0.25, 0.3) is 0 Å². The van der Waals surface area contributed by atoms with Crippen molar-refractivity contribution in [3.05, 3.63) is 51.7 Å². The quantitative estimate of drug-likeness (QED) is 0.681. The first-order valence-corrected chi connectivity index (χ1v) is 6.74. The first-order valence-electron chi connectivity index (χ1n) is 5.48. The average molecular weight is 295 g/mol. The maximum absolute atomic E-state index is 11.5. The summed E-state index contributed by atoms with van der Waals surface area (Å²) >= 11 is 7.43. The van der Waals surface area contributed by atoms with Crippen LogP contribution in [0.15, 0.2) is 46.9 Å². The first-order chi connectivity index (χ1) is 9.25. The molecule has 2 rings (SSSR count). The highest BCUT2D eigenvalue weighted by Crippen LogP contribution is 2.22. The van der Waals surface area contributed by atoms with Gasteiger partial charge in [0.25, 0.3) is 5.91 Å². The van der Waals surface area contributed by atoms with Crippen molar-refractivity contribution in [1.29, 1.82) is 0 Å². The number of hydrogen-bond donors (Lipinski definition) is 1. The van der Waals surface area contributed by atoms with Gasteiger partial charge >= 0.3 is 0 Å². The second kappa shape index (κ2) is 6.92. The van der Waals surface area contributed by atoms with Gasteiger partial charge < -0.3 is 4.74 Å². The minimum atomic E-state index is -0.340. The Bertz CT molecular complexity index is 570. The molecule has 1 aromatic heterocycles. The number of nitrogens with zero attached hydrogens (tertiary/aromatic N) is 1. The van der Waals surface area contributed by atoms with Crippen LogP contribution in [0.4, 0.5) is 0 Å². The molecule has 19 heavy (non-hydrogen) atoms. The van der Waals surface area contributed by atoms with Crippen LogP contribution < -0.4 is 10.2 Å². The topological polar surface area (TPSA) is 50.7 Å². The molecule has 6 heteroatoms. The number of para-hydroxylation sites is 1. The van der Waals surface area contributed by atoms with Crippen molar-refractivity contribution in [3.8, 4) is 5.75 Å². The molecule has 0 saturated carbocycles. The normalized spacial score (nSPS) is 10.6. The van der Waals surface area contributed by atoms with E-state index in [0.717, 1.165) is 4.88 Å². The van der Waals surface area contributed by atoms with Crippen LogP contribution in [0, 0.1) is 0 Å². The van der Waals surface area contributed by atoms with Crippen molar-refractivity contribution in [2.24, 2.45) is 5.10 Å². The van der Waals surface area contributed by atoms with Gasteiger partial charge in [0.05, 0.1) is 11.2 Å². The van der Waals surface area contributed by atoms with Gasteiger partial charge in [-0.3, -0.25) is 4.79 Å². The maximum Gasteiger partial charge on any atom is 0.277 e. The lowest BCUT2D eigenvalue weighted by Gasteiger charge is -2.06. The number of hydrogen-bond acceptors (Lipinski definition) is 4. The monoisotopic (exact) mass is 294 g/mol. The highest BCUT2D eigenvalue weighted by molar-refractivity contribution is 7.11. The molecule has 1 aromatic carbocycles. The van der Waals surface area contributed by atoms with E-state index in [9.17, 15) is 4.79 Å². The maximum atomic E-state index is 11.5. The number of hydrazone groups is 1. The van der Waals surface area contributed by atoms with E-state index in [1.54, 1.807) is 30.5 Å². The Kier molecular flexibility index (Phi) is 4.94. The average Bonchev–Trinajstić information content (AvgIpc) is 2.91. The lowest BCUT2D eigenvalue weighted by molar-refractivity contribution is -0.123. The summed E-state index contributed by atoms with van der Waals surface area (Å²) in [5.41, 5.74) is 2.38. The van der Waals surface area contributed by atoms with Crippen molar-refractivity contribution in [1.82, 2.24) is 5.43 Å². The molecule has 0 atom stereocenters. The van der Waals surface area contributed by atoms with E-state index in [0.29, 0.717) is 10.8 Å². The first kappa shape index (κ1) is 13.6. The lowest BCUT2D eigenvalue weighted by Crippen LogP contribution is -2.24. The number of carbonyl (C=O) groups is 1. The Morgan fingerprint density at radius 1 is 1.37 bits per heavy atom. The van der Waals surface area contributed by atoms with E-state index >= 15 is 0 Å². The van der Waals surface area contributed by atoms with E-state index in [2.05, 4.69) is 10.5 Å². The number of amides is 1. The van der Waals surface area contributed by atoms with Crippen LogP contribution in [-0.4, -0.2) is 18.7 Å². The number of halogens is 1. The van der Waals surface area contributed by atoms with Gasteiger partial charge in [-0.1, -0.05) is 29.8 Å². The number of thiophene rings is 1. The smallest absolute Gasteiger partial charge is 0.277 e. The standard InChI is InChI=1S/C13H11ClN2O2S/c14-11-5-1-2-6-12(11)18-9-13(17)16-15-8-10-4-3-7-19-10/h1-8H,9H2,(H,16,17).